The maximum Gasteiger partial charge on any atom is 0.241 e. The van der Waals surface area contributed by atoms with E-state index in [1.165, 1.54) is 25.1 Å². The van der Waals surface area contributed by atoms with E-state index >= 15 is 0 Å². The highest BCUT2D eigenvalue weighted by Crippen LogP contribution is 2.25. The van der Waals surface area contributed by atoms with E-state index in [0.29, 0.717) is 37.1 Å². The van der Waals surface area contributed by atoms with Crippen molar-refractivity contribution in [3.05, 3.63) is 35.1 Å². The minimum atomic E-state index is -3.84. The number of amides is 1. The summed E-state index contributed by atoms with van der Waals surface area (Å²) in [6, 6.07) is 3.96. The Morgan fingerprint density at radius 2 is 2.00 bits per heavy atom. The van der Waals surface area contributed by atoms with Crippen molar-refractivity contribution in [1.82, 2.24) is 10.0 Å². The highest BCUT2D eigenvalue weighted by atomic mass is 32.2. The molecule has 1 saturated heterocycles. The summed E-state index contributed by atoms with van der Waals surface area (Å²) in [5.41, 5.74) is 1.04. The minimum absolute atomic E-state index is 0.280. The fraction of sp³-hybridized carbons (Fsp3) is 0.533. The van der Waals surface area contributed by atoms with Crippen molar-refractivity contribution in [2.75, 3.05) is 13.1 Å². The second kappa shape index (κ2) is 6.75. The normalized spacial score (nSPS) is 18.0. The van der Waals surface area contributed by atoms with Crippen LogP contribution in [-0.4, -0.2) is 27.4 Å². The van der Waals surface area contributed by atoms with Gasteiger partial charge in [-0.2, -0.15) is 0 Å². The van der Waals surface area contributed by atoms with Crippen molar-refractivity contribution in [1.29, 1.82) is 0 Å². The molecule has 0 saturated carbocycles. The van der Waals surface area contributed by atoms with E-state index in [9.17, 15) is 17.6 Å². The van der Waals surface area contributed by atoms with Gasteiger partial charge in [0.2, 0.25) is 15.9 Å². The number of carbonyl (C=O) groups excluding carboxylic acids is 1. The summed E-state index contributed by atoms with van der Waals surface area (Å²) in [6.45, 7) is 4.58. The lowest BCUT2D eigenvalue weighted by atomic mass is 9.98. The Hall–Kier alpha value is -1.47. The SMILES string of the molecule is Cc1cc(F)ccc1C(C)S(=O)(=O)NC(=O)C1CCNCC1. The van der Waals surface area contributed by atoms with Gasteiger partial charge in [-0.15, -0.1) is 0 Å². The molecule has 1 unspecified atom stereocenters. The van der Waals surface area contributed by atoms with Crippen molar-refractivity contribution in [3.8, 4) is 0 Å². The Morgan fingerprint density at radius 3 is 2.59 bits per heavy atom. The molecule has 0 aliphatic carbocycles. The Bertz CT molecular complexity index is 655. The maximum atomic E-state index is 13.1. The second-order valence-corrected chi connectivity index (χ2v) is 7.68. The van der Waals surface area contributed by atoms with Crippen molar-refractivity contribution < 1.29 is 17.6 Å². The van der Waals surface area contributed by atoms with E-state index in [4.69, 9.17) is 0 Å². The Labute approximate surface area is 130 Å². The molecule has 1 heterocycles. The average molecular weight is 328 g/mol. The van der Waals surface area contributed by atoms with Crippen LogP contribution in [-0.2, 0) is 14.8 Å². The third-order valence-electron chi connectivity index (χ3n) is 4.09. The standard InChI is InChI=1S/C15H21FN2O3S/c1-10-9-13(16)3-4-14(10)11(2)22(20,21)18-15(19)12-5-7-17-8-6-12/h3-4,9,11-12,17H,5-8H2,1-2H3,(H,18,19). The van der Waals surface area contributed by atoms with Crippen LogP contribution in [0, 0.1) is 18.7 Å². The third-order valence-corrected chi connectivity index (χ3v) is 5.76. The van der Waals surface area contributed by atoms with Gasteiger partial charge in [-0.05, 0) is 63.0 Å². The number of hydrogen-bond acceptors (Lipinski definition) is 4. The molecule has 0 radical (unpaired) electrons. The number of halogens is 1. The molecular formula is C15H21FN2O3S. The summed E-state index contributed by atoms with van der Waals surface area (Å²) in [6.07, 6.45) is 1.26. The Kier molecular flexibility index (Phi) is 5.18. The van der Waals surface area contributed by atoms with Gasteiger partial charge in [0.25, 0.3) is 0 Å². The first kappa shape index (κ1) is 16.9. The molecule has 0 spiro atoms. The second-order valence-electron chi connectivity index (χ2n) is 5.68. The summed E-state index contributed by atoms with van der Waals surface area (Å²) < 4.78 is 40.1. The predicted octanol–water partition coefficient (Wildman–Crippen LogP) is 1.64. The average Bonchev–Trinajstić information content (AvgIpc) is 2.47. The van der Waals surface area contributed by atoms with E-state index in [-0.39, 0.29) is 5.92 Å². The van der Waals surface area contributed by atoms with Crippen molar-refractivity contribution in [3.63, 3.8) is 0 Å². The van der Waals surface area contributed by atoms with Gasteiger partial charge in [0.05, 0.1) is 0 Å². The Morgan fingerprint density at radius 1 is 1.36 bits per heavy atom. The van der Waals surface area contributed by atoms with Crippen LogP contribution in [0.5, 0.6) is 0 Å². The molecule has 1 fully saturated rings. The van der Waals surface area contributed by atoms with Gasteiger partial charge in [0.15, 0.2) is 0 Å². The van der Waals surface area contributed by atoms with E-state index in [1.54, 1.807) is 6.92 Å². The lowest BCUT2D eigenvalue weighted by Crippen LogP contribution is -2.41. The van der Waals surface area contributed by atoms with Crippen LogP contribution in [0.4, 0.5) is 4.39 Å². The molecule has 1 aromatic rings. The maximum absolute atomic E-state index is 13.1. The quantitative estimate of drug-likeness (QED) is 0.881. The van der Waals surface area contributed by atoms with Gasteiger partial charge in [0.1, 0.15) is 11.1 Å². The first-order valence-electron chi connectivity index (χ1n) is 7.33. The monoisotopic (exact) mass is 328 g/mol. The molecule has 1 aromatic carbocycles. The van der Waals surface area contributed by atoms with Crippen LogP contribution in [0.25, 0.3) is 0 Å². The molecule has 1 amide bonds. The summed E-state index contributed by atoms with van der Waals surface area (Å²) in [7, 11) is -3.84. The summed E-state index contributed by atoms with van der Waals surface area (Å²) in [5.74, 6) is -1.14. The molecule has 22 heavy (non-hydrogen) atoms. The number of rotatable bonds is 4. The number of carbonyl (C=O) groups is 1. The molecule has 122 valence electrons. The molecule has 1 aliphatic heterocycles. The topological polar surface area (TPSA) is 75.3 Å². The molecule has 0 bridgehead atoms. The zero-order valence-electron chi connectivity index (χ0n) is 12.7. The van der Waals surface area contributed by atoms with E-state index in [0.717, 1.165) is 0 Å². The van der Waals surface area contributed by atoms with E-state index in [1.807, 2.05) is 0 Å². The number of hydrogen-bond donors (Lipinski definition) is 2. The fourth-order valence-corrected chi connectivity index (χ4v) is 3.88. The number of nitrogens with one attached hydrogen (secondary N) is 2. The molecule has 5 nitrogen and oxygen atoms in total. The van der Waals surface area contributed by atoms with Crippen LogP contribution < -0.4 is 10.0 Å². The Balaban J connectivity index is 2.13. The minimum Gasteiger partial charge on any atom is -0.317 e. The number of piperidine rings is 1. The van der Waals surface area contributed by atoms with Gasteiger partial charge in [-0.25, -0.2) is 12.8 Å². The molecule has 1 aliphatic rings. The van der Waals surface area contributed by atoms with Crippen molar-refractivity contribution in [2.24, 2.45) is 5.92 Å². The number of benzene rings is 1. The first-order valence-corrected chi connectivity index (χ1v) is 8.88. The zero-order valence-corrected chi connectivity index (χ0v) is 13.5. The van der Waals surface area contributed by atoms with Gasteiger partial charge in [0, 0.05) is 5.92 Å². The van der Waals surface area contributed by atoms with Crippen LogP contribution in [0.3, 0.4) is 0 Å². The lowest BCUT2D eigenvalue weighted by Gasteiger charge is -2.23. The molecule has 2 N–H and O–H groups in total. The number of aryl methyl sites for hydroxylation is 1. The molecule has 1 atom stereocenters. The smallest absolute Gasteiger partial charge is 0.241 e. The van der Waals surface area contributed by atoms with Gasteiger partial charge in [-0.3, -0.25) is 9.52 Å². The third kappa shape index (κ3) is 3.84. The molecule has 2 rings (SSSR count). The van der Waals surface area contributed by atoms with Crippen LogP contribution in [0.15, 0.2) is 18.2 Å². The largest absolute Gasteiger partial charge is 0.317 e. The molecule has 7 heteroatoms. The van der Waals surface area contributed by atoms with Crippen molar-refractivity contribution in [2.45, 2.75) is 31.9 Å². The van der Waals surface area contributed by atoms with Gasteiger partial charge in [-0.1, -0.05) is 6.07 Å². The predicted molar refractivity (Wildman–Crippen MR) is 82.2 cm³/mol. The van der Waals surface area contributed by atoms with E-state index in [2.05, 4.69) is 10.0 Å². The van der Waals surface area contributed by atoms with E-state index < -0.39 is 27.0 Å². The van der Waals surface area contributed by atoms with Gasteiger partial charge >= 0.3 is 0 Å². The zero-order chi connectivity index (χ0) is 16.3. The highest BCUT2D eigenvalue weighted by molar-refractivity contribution is 7.90. The van der Waals surface area contributed by atoms with Crippen LogP contribution >= 0.6 is 0 Å². The van der Waals surface area contributed by atoms with Gasteiger partial charge < -0.3 is 5.32 Å². The summed E-state index contributed by atoms with van der Waals surface area (Å²) >= 11 is 0. The summed E-state index contributed by atoms with van der Waals surface area (Å²) in [5, 5.41) is 2.21. The molecule has 0 aromatic heterocycles. The molecular weight excluding hydrogens is 307 g/mol. The highest BCUT2D eigenvalue weighted by Gasteiger charge is 2.29. The first-order chi connectivity index (χ1) is 10.3. The van der Waals surface area contributed by atoms with Crippen molar-refractivity contribution >= 4 is 15.9 Å². The summed E-state index contributed by atoms with van der Waals surface area (Å²) in [4.78, 5) is 12.1. The fourth-order valence-electron chi connectivity index (χ4n) is 2.66. The number of sulfonamides is 1. The lowest BCUT2D eigenvalue weighted by molar-refractivity contribution is -0.123. The van der Waals surface area contributed by atoms with Crippen LogP contribution in [0.1, 0.15) is 36.1 Å². The van der Waals surface area contributed by atoms with Crippen LogP contribution in [0.2, 0.25) is 0 Å².